The quantitative estimate of drug-likeness (QED) is 0.850. The zero-order chi connectivity index (χ0) is 15.0. The van der Waals surface area contributed by atoms with Gasteiger partial charge in [0.1, 0.15) is 0 Å². The van der Waals surface area contributed by atoms with Crippen LogP contribution in [-0.2, 0) is 4.79 Å². The van der Waals surface area contributed by atoms with Gasteiger partial charge in [-0.3, -0.25) is 4.79 Å². The van der Waals surface area contributed by atoms with E-state index in [1.807, 2.05) is 25.1 Å². The lowest BCUT2D eigenvalue weighted by atomic mass is 9.65. The summed E-state index contributed by atoms with van der Waals surface area (Å²) in [7, 11) is 0. The smallest absolute Gasteiger partial charge is 0.227 e. The van der Waals surface area contributed by atoms with Gasteiger partial charge in [-0.1, -0.05) is 28.4 Å². The van der Waals surface area contributed by atoms with Crippen LogP contribution >= 0.6 is 15.9 Å². The van der Waals surface area contributed by atoms with Crippen LogP contribution in [0.3, 0.4) is 0 Å². The SMILES string of the molecule is Cc1c(Br)cccc1NC(=O)C1CC2CCCC(C1)C2N. The third kappa shape index (κ3) is 3.02. The van der Waals surface area contributed by atoms with Crippen molar-refractivity contribution in [2.24, 2.45) is 23.5 Å². The Labute approximate surface area is 134 Å². The van der Waals surface area contributed by atoms with E-state index in [4.69, 9.17) is 5.73 Å². The molecule has 0 heterocycles. The first-order valence-corrected chi connectivity index (χ1v) is 8.67. The molecule has 0 aromatic heterocycles. The van der Waals surface area contributed by atoms with E-state index in [-0.39, 0.29) is 11.8 Å². The third-order valence-corrected chi connectivity index (χ3v) is 6.17. The third-order valence-electron chi connectivity index (χ3n) is 5.31. The molecule has 2 saturated carbocycles. The van der Waals surface area contributed by atoms with E-state index in [1.165, 1.54) is 19.3 Å². The van der Waals surface area contributed by atoms with Crippen molar-refractivity contribution < 1.29 is 4.79 Å². The summed E-state index contributed by atoms with van der Waals surface area (Å²) in [5.74, 6) is 1.37. The van der Waals surface area contributed by atoms with Crippen LogP contribution in [0.25, 0.3) is 0 Å². The fraction of sp³-hybridized carbons (Fsp3) is 0.588. The van der Waals surface area contributed by atoms with E-state index in [1.54, 1.807) is 0 Å². The van der Waals surface area contributed by atoms with Crippen molar-refractivity contribution in [3.8, 4) is 0 Å². The van der Waals surface area contributed by atoms with E-state index in [2.05, 4.69) is 21.2 Å². The van der Waals surface area contributed by atoms with Crippen LogP contribution in [0.5, 0.6) is 0 Å². The number of halogens is 1. The summed E-state index contributed by atoms with van der Waals surface area (Å²) in [6.45, 7) is 2.02. The van der Waals surface area contributed by atoms with Crippen molar-refractivity contribution in [1.29, 1.82) is 0 Å². The molecule has 1 aromatic rings. The summed E-state index contributed by atoms with van der Waals surface area (Å²) in [6.07, 6.45) is 5.57. The molecular formula is C17H23BrN2O. The van der Waals surface area contributed by atoms with Crippen molar-refractivity contribution in [3.05, 3.63) is 28.2 Å². The van der Waals surface area contributed by atoms with E-state index in [9.17, 15) is 4.79 Å². The fourth-order valence-corrected chi connectivity index (χ4v) is 4.35. The molecule has 2 fully saturated rings. The molecule has 114 valence electrons. The predicted molar refractivity (Wildman–Crippen MR) is 89.0 cm³/mol. The average molecular weight is 351 g/mol. The first-order valence-electron chi connectivity index (χ1n) is 7.88. The molecular weight excluding hydrogens is 328 g/mol. The molecule has 2 aliphatic carbocycles. The van der Waals surface area contributed by atoms with Gasteiger partial charge in [0.25, 0.3) is 0 Å². The maximum atomic E-state index is 12.6. The molecule has 2 unspecified atom stereocenters. The van der Waals surface area contributed by atoms with Crippen LogP contribution in [-0.4, -0.2) is 11.9 Å². The van der Waals surface area contributed by atoms with Crippen molar-refractivity contribution >= 4 is 27.5 Å². The lowest BCUT2D eigenvalue weighted by Gasteiger charge is -2.43. The Bertz CT molecular complexity index is 532. The second-order valence-electron chi connectivity index (χ2n) is 6.60. The molecule has 3 N–H and O–H groups in total. The molecule has 3 nitrogen and oxygen atoms in total. The number of fused-ring (bicyclic) bond motifs is 2. The molecule has 0 radical (unpaired) electrons. The zero-order valence-corrected chi connectivity index (χ0v) is 14.0. The van der Waals surface area contributed by atoms with E-state index >= 15 is 0 Å². The lowest BCUT2D eigenvalue weighted by molar-refractivity contribution is -0.122. The molecule has 4 heteroatoms. The first kappa shape index (κ1) is 15.0. The number of carbonyl (C=O) groups excluding carboxylic acids is 1. The van der Waals surface area contributed by atoms with Crippen molar-refractivity contribution in [3.63, 3.8) is 0 Å². The van der Waals surface area contributed by atoms with Crippen LogP contribution in [0.4, 0.5) is 5.69 Å². The summed E-state index contributed by atoms with van der Waals surface area (Å²) in [4.78, 5) is 12.6. The summed E-state index contributed by atoms with van der Waals surface area (Å²) >= 11 is 3.51. The van der Waals surface area contributed by atoms with Crippen LogP contribution in [0.1, 0.15) is 37.7 Å². The maximum Gasteiger partial charge on any atom is 0.227 e. The Hall–Kier alpha value is -0.870. The number of carbonyl (C=O) groups is 1. The molecule has 1 amide bonds. The van der Waals surface area contributed by atoms with Gasteiger partial charge < -0.3 is 11.1 Å². The highest BCUT2D eigenvalue weighted by atomic mass is 79.9. The Morgan fingerprint density at radius 2 is 1.95 bits per heavy atom. The first-order chi connectivity index (χ1) is 10.1. The highest BCUT2D eigenvalue weighted by molar-refractivity contribution is 9.10. The normalized spacial score (nSPS) is 31.8. The number of rotatable bonds is 2. The van der Waals surface area contributed by atoms with Crippen LogP contribution in [0, 0.1) is 24.7 Å². The van der Waals surface area contributed by atoms with Gasteiger partial charge in [-0.25, -0.2) is 0 Å². The number of amides is 1. The molecule has 0 saturated heterocycles. The van der Waals surface area contributed by atoms with Crippen LogP contribution in [0.15, 0.2) is 22.7 Å². The van der Waals surface area contributed by atoms with Gasteiger partial charge in [0.2, 0.25) is 5.91 Å². The Morgan fingerprint density at radius 3 is 2.62 bits per heavy atom. The minimum Gasteiger partial charge on any atom is -0.327 e. The highest BCUT2D eigenvalue weighted by Gasteiger charge is 2.40. The fourth-order valence-electron chi connectivity index (χ4n) is 3.98. The highest BCUT2D eigenvalue weighted by Crippen LogP contribution is 2.42. The van der Waals surface area contributed by atoms with Gasteiger partial charge in [-0.05, 0) is 62.1 Å². The number of benzene rings is 1. The van der Waals surface area contributed by atoms with Gasteiger partial charge in [-0.2, -0.15) is 0 Å². The van der Waals surface area contributed by atoms with Crippen LogP contribution < -0.4 is 11.1 Å². The summed E-state index contributed by atoms with van der Waals surface area (Å²) < 4.78 is 1.03. The van der Waals surface area contributed by atoms with Gasteiger partial charge in [0.15, 0.2) is 0 Å². The standard InChI is InChI=1S/C17H23BrN2O/c1-10-14(18)6-3-7-15(10)20-17(21)13-8-11-4-2-5-12(9-13)16(11)19/h3,6-7,11-13,16H,2,4-5,8-9,19H2,1H3,(H,20,21). The van der Waals surface area contributed by atoms with Gasteiger partial charge >= 0.3 is 0 Å². The minimum absolute atomic E-state index is 0.124. The molecule has 3 rings (SSSR count). The molecule has 1 aromatic carbocycles. The molecule has 0 spiro atoms. The van der Waals surface area contributed by atoms with Crippen molar-refractivity contribution in [1.82, 2.24) is 0 Å². The summed E-state index contributed by atoms with van der Waals surface area (Å²) in [5, 5.41) is 3.12. The number of anilines is 1. The molecule has 21 heavy (non-hydrogen) atoms. The molecule has 0 aliphatic heterocycles. The topological polar surface area (TPSA) is 55.1 Å². The zero-order valence-electron chi connectivity index (χ0n) is 12.4. The molecule has 2 bridgehead atoms. The van der Waals surface area contributed by atoms with Gasteiger partial charge in [0, 0.05) is 22.1 Å². The maximum absolute atomic E-state index is 12.6. The minimum atomic E-state index is 0.124. The predicted octanol–water partition coefficient (Wildman–Crippen LogP) is 3.85. The summed E-state index contributed by atoms with van der Waals surface area (Å²) in [6, 6.07) is 6.23. The van der Waals surface area contributed by atoms with E-state index in [0.29, 0.717) is 17.9 Å². The number of nitrogens with one attached hydrogen (secondary N) is 1. The van der Waals surface area contributed by atoms with E-state index < -0.39 is 0 Å². The largest absolute Gasteiger partial charge is 0.327 e. The Kier molecular flexibility index (Phi) is 4.36. The Balaban J connectivity index is 1.70. The Morgan fingerprint density at radius 1 is 1.29 bits per heavy atom. The monoisotopic (exact) mass is 350 g/mol. The van der Waals surface area contributed by atoms with Gasteiger partial charge in [-0.15, -0.1) is 0 Å². The van der Waals surface area contributed by atoms with E-state index in [0.717, 1.165) is 28.6 Å². The summed E-state index contributed by atoms with van der Waals surface area (Å²) in [5.41, 5.74) is 8.30. The second-order valence-corrected chi connectivity index (χ2v) is 7.45. The van der Waals surface area contributed by atoms with Gasteiger partial charge in [0.05, 0.1) is 0 Å². The second kappa shape index (κ2) is 6.09. The number of nitrogens with two attached hydrogens (primary N) is 1. The van der Waals surface area contributed by atoms with Crippen molar-refractivity contribution in [2.75, 3.05) is 5.32 Å². The molecule has 2 aliphatic rings. The van der Waals surface area contributed by atoms with Crippen molar-refractivity contribution in [2.45, 2.75) is 45.1 Å². The number of hydrogen-bond acceptors (Lipinski definition) is 2. The lowest BCUT2D eigenvalue weighted by Crippen LogP contribution is -2.48. The molecule has 2 atom stereocenters. The van der Waals surface area contributed by atoms with Crippen LogP contribution in [0.2, 0.25) is 0 Å². The average Bonchev–Trinajstić information content (AvgIpc) is 2.43. The number of hydrogen-bond donors (Lipinski definition) is 2.